The SMILES string of the molecule is CP(C)c1[c]cccc1. The van der Waals surface area contributed by atoms with Crippen LogP contribution in [0, 0.1) is 6.07 Å². The van der Waals surface area contributed by atoms with Gasteiger partial charge in [-0.3, -0.25) is 0 Å². The second-order valence-corrected chi connectivity index (χ2v) is 4.41. The third-order valence-electron chi connectivity index (χ3n) is 1.17. The van der Waals surface area contributed by atoms with E-state index in [1.807, 2.05) is 12.1 Å². The first-order valence-electron chi connectivity index (χ1n) is 2.95. The Bertz CT molecular complexity index is 167. The van der Waals surface area contributed by atoms with Crippen LogP contribution < -0.4 is 5.30 Å². The molecule has 0 bridgehead atoms. The van der Waals surface area contributed by atoms with Crippen LogP contribution in [-0.2, 0) is 0 Å². The van der Waals surface area contributed by atoms with Crippen LogP contribution in [0.4, 0.5) is 0 Å². The summed E-state index contributed by atoms with van der Waals surface area (Å²) in [5.41, 5.74) is 0. The standard InChI is InChI=1S/C8H10P/c1-9(2)8-6-4-3-5-7-8/h3-6H,1-2H3. The van der Waals surface area contributed by atoms with Crippen LogP contribution in [0.15, 0.2) is 24.3 Å². The van der Waals surface area contributed by atoms with Crippen molar-refractivity contribution in [2.45, 2.75) is 0 Å². The maximum Gasteiger partial charge on any atom is -0.0101 e. The molecule has 0 aliphatic heterocycles. The molecule has 0 atom stereocenters. The van der Waals surface area contributed by atoms with Gasteiger partial charge in [-0.25, -0.2) is 0 Å². The number of rotatable bonds is 1. The van der Waals surface area contributed by atoms with E-state index < -0.39 is 0 Å². The third-order valence-corrected chi connectivity index (χ3v) is 2.42. The molecule has 0 saturated heterocycles. The van der Waals surface area contributed by atoms with Gasteiger partial charge >= 0.3 is 0 Å². The van der Waals surface area contributed by atoms with Gasteiger partial charge in [0.15, 0.2) is 0 Å². The zero-order valence-corrected chi connectivity index (χ0v) is 6.65. The van der Waals surface area contributed by atoms with Gasteiger partial charge in [-0.05, 0) is 24.7 Å². The summed E-state index contributed by atoms with van der Waals surface area (Å²) in [7, 11) is 0.0489. The summed E-state index contributed by atoms with van der Waals surface area (Å²) in [5.74, 6) is 0. The van der Waals surface area contributed by atoms with Crippen molar-refractivity contribution in [1.29, 1.82) is 0 Å². The van der Waals surface area contributed by atoms with Gasteiger partial charge in [-0.15, -0.1) is 0 Å². The first kappa shape index (κ1) is 6.77. The predicted molar refractivity (Wildman–Crippen MR) is 43.7 cm³/mol. The molecule has 0 fully saturated rings. The normalized spacial score (nSPS) is 10.1. The lowest BCUT2D eigenvalue weighted by Gasteiger charge is -2.01. The summed E-state index contributed by atoms with van der Waals surface area (Å²) in [6, 6.07) is 11.4. The molecule has 0 N–H and O–H groups in total. The smallest absolute Gasteiger partial charge is 0.0101 e. The minimum absolute atomic E-state index is 0.0489. The van der Waals surface area contributed by atoms with Gasteiger partial charge < -0.3 is 0 Å². The fourth-order valence-electron chi connectivity index (χ4n) is 0.662. The molecule has 1 rings (SSSR count). The second kappa shape index (κ2) is 2.98. The van der Waals surface area contributed by atoms with Gasteiger partial charge in [0.25, 0.3) is 0 Å². The Morgan fingerprint density at radius 3 is 2.44 bits per heavy atom. The van der Waals surface area contributed by atoms with E-state index in [9.17, 15) is 0 Å². The Balaban J connectivity index is 2.85. The molecule has 0 unspecified atom stereocenters. The molecule has 1 aromatic rings. The van der Waals surface area contributed by atoms with Crippen LogP contribution in [0.1, 0.15) is 0 Å². The van der Waals surface area contributed by atoms with Crippen LogP contribution in [0.3, 0.4) is 0 Å². The summed E-state index contributed by atoms with van der Waals surface area (Å²) < 4.78 is 0. The quantitative estimate of drug-likeness (QED) is 0.518. The predicted octanol–water partition coefficient (Wildman–Crippen LogP) is 1.85. The van der Waals surface area contributed by atoms with E-state index in [1.54, 1.807) is 0 Å². The van der Waals surface area contributed by atoms with Crippen molar-refractivity contribution >= 4 is 13.2 Å². The van der Waals surface area contributed by atoms with Crippen LogP contribution in [0.5, 0.6) is 0 Å². The lowest BCUT2D eigenvalue weighted by molar-refractivity contribution is 1.75. The molecule has 1 heteroatoms. The fraction of sp³-hybridized carbons (Fsp3) is 0.250. The van der Waals surface area contributed by atoms with Crippen LogP contribution in [0.25, 0.3) is 0 Å². The zero-order chi connectivity index (χ0) is 6.69. The maximum atomic E-state index is 3.20. The van der Waals surface area contributed by atoms with Gasteiger partial charge in [0.05, 0.1) is 0 Å². The molecule has 0 aromatic heterocycles. The van der Waals surface area contributed by atoms with Gasteiger partial charge in [-0.1, -0.05) is 32.2 Å². The van der Waals surface area contributed by atoms with Crippen LogP contribution in [-0.4, -0.2) is 13.3 Å². The summed E-state index contributed by atoms with van der Waals surface area (Å²) >= 11 is 0. The maximum absolute atomic E-state index is 3.20. The number of benzene rings is 1. The molecule has 0 saturated carbocycles. The molecule has 0 nitrogen and oxygen atoms in total. The van der Waals surface area contributed by atoms with Crippen molar-refractivity contribution in [1.82, 2.24) is 0 Å². The average Bonchev–Trinajstić information content (AvgIpc) is 1.90. The molecule has 47 valence electrons. The largest absolute Gasteiger partial charge is 0.0810 e. The highest BCUT2D eigenvalue weighted by molar-refractivity contribution is 7.64. The fourth-order valence-corrected chi connectivity index (χ4v) is 1.38. The number of hydrogen-bond donors (Lipinski definition) is 0. The van der Waals surface area contributed by atoms with E-state index >= 15 is 0 Å². The van der Waals surface area contributed by atoms with E-state index in [0.717, 1.165) is 0 Å². The highest BCUT2D eigenvalue weighted by Crippen LogP contribution is 2.21. The van der Waals surface area contributed by atoms with Crippen molar-refractivity contribution < 1.29 is 0 Å². The van der Waals surface area contributed by atoms with Crippen molar-refractivity contribution in [2.24, 2.45) is 0 Å². The topological polar surface area (TPSA) is 0 Å². The van der Waals surface area contributed by atoms with E-state index in [0.29, 0.717) is 0 Å². The zero-order valence-electron chi connectivity index (χ0n) is 5.76. The van der Waals surface area contributed by atoms with Crippen molar-refractivity contribution in [2.75, 3.05) is 13.3 Å². The molecule has 1 aromatic carbocycles. The Kier molecular flexibility index (Phi) is 2.24. The molecule has 0 aliphatic rings. The summed E-state index contributed by atoms with van der Waals surface area (Å²) in [6.07, 6.45) is 0. The van der Waals surface area contributed by atoms with E-state index in [-0.39, 0.29) is 7.92 Å². The minimum atomic E-state index is 0.0489. The van der Waals surface area contributed by atoms with Crippen molar-refractivity contribution in [3.8, 4) is 0 Å². The number of hydrogen-bond acceptors (Lipinski definition) is 0. The van der Waals surface area contributed by atoms with E-state index in [4.69, 9.17) is 0 Å². The monoisotopic (exact) mass is 137 g/mol. The lowest BCUT2D eigenvalue weighted by Crippen LogP contribution is -1.96. The first-order valence-corrected chi connectivity index (χ1v) is 5.18. The Morgan fingerprint density at radius 1 is 1.33 bits per heavy atom. The van der Waals surface area contributed by atoms with Crippen LogP contribution >= 0.6 is 7.92 Å². The highest BCUT2D eigenvalue weighted by atomic mass is 31.1. The van der Waals surface area contributed by atoms with Gasteiger partial charge in [0, 0.05) is 0 Å². The molecule has 0 amide bonds. The third kappa shape index (κ3) is 1.80. The molecule has 0 aliphatic carbocycles. The molecule has 1 radical (unpaired) electrons. The van der Waals surface area contributed by atoms with Crippen molar-refractivity contribution in [3.63, 3.8) is 0 Å². The molecular weight excluding hydrogens is 127 g/mol. The Labute approximate surface area is 57.7 Å². The van der Waals surface area contributed by atoms with Gasteiger partial charge in [-0.2, -0.15) is 0 Å². The van der Waals surface area contributed by atoms with E-state index in [2.05, 4.69) is 31.5 Å². The summed E-state index contributed by atoms with van der Waals surface area (Å²) in [5, 5.41) is 1.35. The van der Waals surface area contributed by atoms with Crippen LogP contribution in [0.2, 0.25) is 0 Å². The summed E-state index contributed by atoms with van der Waals surface area (Å²) in [4.78, 5) is 0. The minimum Gasteiger partial charge on any atom is -0.0810 e. The molecular formula is C8H10P. The Morgan fingerprint density at radius 2 is 2.11 bits per heavy atom. The second-order valence-electron chi connectivity index (χ2n) is 2.14. The van der Waals surface area contributed by atoms with Crippen molar-refractivity contribution in [3.05, 3.63) is 30.3 Å². The molecule has 0 spiro atoms. The first-order chi connectivity index (χ1) is 4.30. The highest BCUT2D eigenvalue weighted by Gasteiger charge is 1.93. The van der Waals surface area contributed by atoms with E-state index in [1.165, 1.54) is 5.30 Å². The summed E-state index contributed by atoms with van der Waals surface area (Å²) in [6.45, 7) is 4.47. The average molecular weight is 137 g/mol. The molecule has 9 heavy (non-hydrogen) atoms. The van der Waals surface area contributed by atoms with Gasteiger partial charge in [0.1, 0.15) is 0 Å². The Hall–Kier alpha value is -0.350. The lowest BCUT2D eigenvalue weighted by atomic mass is 10.4. The van der Waals surface area contributed by atoms with Gasteiger partial charge in [0.2, 0.25) is 0 Å². The molecule has 0 heterocycles.